The van der Waals surface area contributed by atoms with Crippen LogP contribution in [0.3, 0.4) is 0 Å². The largest absolute Gasteiger partial charge is 0.483 e. The topological polar surface area (TPSA) is 44.2 Å². The van der Waals surface area contributed by atoms with Gasteiger partial charge in [-0.25, -0.2) is 4.98 Å². The first-order valence-electron chi connectivity index (χ1n) is 5.40. The summed E-state index contributed by atoms with van der Waals surface area (Å²) in [5.74, 6) is 0.717. The second-order valence-corrected chi connectivity index (χ2v) is 4.43. The highest BCUT2D eigenvalue weighted by Crippen LogP contribution is 2.27. The Kier molecular flexibility index (Phi) is 2.61. The van der Waals surface area contributed by atoms with Gasteiger partial charge in [0.1, 0.15) is 22.5 Å². The number of fused-ring (bicyclic) bond motifs is 1. The maximum Gasteiger partial charge on any atom is 0.149 e. The van der Waals surface area contributed by atoms with Gasteiger partial charge in [-0.05, 0) is 18.6 Å². The number of hydrogen-bond acceptors (Lipinski definition) is 4. The molecule has 3 rings (SSSR count). The van der Waals surface area contributed by atoms with Gasteiger partial charge < -0.3 is 9.47 Å². The molecule has 0 spiro atoms. The van der Waals surface area contributed by atoms with E-state index in [1.807, 2.05) is 13.0 Å². The predicted molar refractivity (Wildman–Crippen MR) is 64.5 cm³/mol. The summed E-state index contributed by atoms with van der Waals surface area (Å²) in [6, 6.07) is 3.61. The highest BCUT2D eigenvalue weighted by molar-refractivity contribution is 6.29. The average molecular weight is 251 g/mol. The van der Waals surface area contributed by atoms with Crippen LogP contribution in [-0.4, -0.2) is 29.3 Å². The van der Waals surface area contributed by atoms with Crippen molar-refractivity contribution in [3.63, 3.8) is 0 Å². The lowest BCUT2D eigenvalue weighted by Crippen LogP contribution is -2.38. The normalized spacial score (nSPS) is 15.9. The van der Waals surface area contributed by atoms with Crippen molar-refractivity contribution in [2.75, 3.05) is 13.2 Å². The van der Waals surface area contributed by atoms with Gasteiger partial charge in [-0.3, -0.25) is 4.98 Å². The van der Waals surface area contributed by atoms with Gasteiger partial charge >= 0.3 is 0 Å². The zero-order valence-corrected chi connectivity index (χ0v) is 10.1. The maximum atomic E-state index is 5.96. The Morgan fingerprint density at radius 3 is 2.94 bits per heavy atom. The van der Waals surface area contributed by atoms with Gasteiger partial charge in [0.05, 0.1) is 18.7 Å². The number of halogens is 1. The molecule has 0 bridgehead atoms. The van der Waals surface area contributed by atoms with Crippen molar-refractivity contribution in [2.45, 2.75) is 13.0 Å². The Hall–Kier alpha value is -1.39. The van der Waals surface area contributed by atoms with Gasteiger partial charge in [0.2, 0.25) is 0 Å². The minimum Gasteiger partial charge on any atom is -0.483 e. The fourth-order valence-electron chi connectivity index (χ4n) is 1.78. The summed E-state index contributed by atoms with van der Waals surface area (Å²) < 4.78 is 10.9. The van der Waals surface area contributed by atoms with E-state index in [2.05, 4.69) is 9.97 Å². The molecule has 2 aromatic rings. The van der Waals surface area contributed by atoms with E-state index in [0.29, 0.717) is 29.6 Å². The molecule has 0 radical (unpaired) electrons. The second-order valence-electron chi connectivity index (χ2n) is 4.05. The first-order chi connectivity index (χ1) is 8.24. The number of hydrogen-bond donors (Lipinski definition) is 0. The lowest BCUT2D eigenvalue weighted by atomic mass is 10.2. The number of aryl methyl sites for hydroxylation is 1. The van der Waals surface area contributed by atoms with Gasteiger partial charge in [-0.2, -0.15) is 0 Å². The standard InChI is InChI=1S/C12H11ClN2O2/c1-7-4-10(13)15-12-9(2-3-14-11(7)12)17-8-5-16-6-8/h2-4,8H,5-6H2,1H3. The van der Waals surface area contributed by atoms with Crippen LogP contribution in [0, 0.1) is 6.92 Å². The molecule has 17 heavy (non-hydrogen) atoms. The minimum atomic E-state index is 0.113. The molecule has 0 aromatic carbocycles. The Morgan fingerprint density at radius 2 is 2.24 bits per heavy atom. The van der Waals surface area contributed by atoms with Crippen LogP contribution in [-0.2, 0) is 4.74 Å². The van der Waals surface area contributed by atoms with Crippen LogP contribution in [0.25, 0.3) is 11.0 Å². The molecule has 2 aromatic heterocycles. The Morgan fingerprint density at radius 1 is 1.41 bits per heavy atom. The summed E-state index contributed by atoms with van der Waals surface area (Å²) in [7, 11) is 0. The number of pyridine rings is 2. The van der Waals surface area contributed by atoms with Crippen molar-refractivity contribution in [1.29, 1.82) is 0 Å². The molecule has 1 aliphatic heterocycles. The Bertz CT molecular complexity index is 570. The van der Waals surface area contributed by atoms with Crippen LogP contribution < -0.4 is 4.74 Å². The molecule has 0 saturated carbocycles. The van der Waals surface area contributed by atoms with E-state index in [0.717, 1.165) is 11.1 Å². The molecule has 0 atom stereocenters. The van der Waals surface area contributed by atoms with Crippen LogP contribution >= 0.6 is 11.6 Å². The predicted octanol–water partition coefficient (Wildman–Crippen LogP) is 2.37. The van der Waals surface area contributed by atoms with Gasteiger partial charge in [-0.1, -0.05) is 11.6 Å². The van der Waals surface area contributed by atoms with Crippen molar-refractivity contribution in [2.24, 2.45) is 0 Å². The van der Waals surface area contributed by atoms with Gasteiger partial charge in [0, 0.05) is 12.3 Å². The van der Waals surface area contributed by atoms with E-state index in [1.54, 1.807) is 12.3 Å². The molecular weight excluding hydrogens is 240 g/mol. The van der Waals surface area contributed by atoms with Gasteiger partial charge in [0.25, 0.3) is 0 Å². The van der Waals surface area contributed by atoms with E-state index >= 15 is 0 Å². The minimum absolute atomic E-state index is 0.113. The van der Waals surface area contributed by atoms with E-state index in [9.17, 15) is 0 Å². The smallest absolute Gasteiger partial charge is 0.149 e. The molecule has 0 amide bonds. The third-order valence-corrected chi connectivity index (χ3v) is 2.91. The lowest BCUT2D eigenvalue weighted by Gasteiger charge is -2.27. The van der Waals surface area contributed by atoms with Crippen molar-refractivity contribution >= 4 is 22.6 Å². The number of nitrogens with zero attached hydrogens (tertiary/aromatic N) is 2. The van der Waals surface area contributed by atoms with Crippen LogP contribution in [0.5, 0.6) is 5.75 Å². The van der Waals surface area contributed by atoms with Crippen molar-refractivity contribution in [3.05, 3.63) is 29.0 Å². The van der Waals surface area contributed by atoms with Crippen molar-refractivity contribution in [3.8, 4) is 5.75 Å². The molecule has 0 aliphatic carbocycles. The molecule has 0 unspecified atom stereocenters. The summed E-state index contributed by atoms with van der Waals surface area (Å²) in [6.07, 6.45) is 1.83. The van der Waals surface area contributed by atoms with Gasteiger partial charge in [-0.15, -0.1) is 0 Å². The van der Waals surface area contributed by atoms with Crippen LogP contribution in [0.2, 0.25) is 5.15 Å². The molecular formula is C12H11ClN2O2. The summed E-state index contributed by atoms with van der Waals surface area (Å²) in [4.78, 5) is 8.59. The monoisotopic (exact) mass is 250 g/mol. The van der Waals surface area contributed by atoms with Crippen molar-refractivity contribution < 1.29 is 9.47 Å². The molecule has 1 aliphatic rings. The third kappa shape index (κ3) is 1.94. The van der Waals surface area contributed by atoms with Gasteiger partial charge in [0.15, 0.2) is 0 Å². The zero-order chi connectivity index (χ0) is 11.8. The van der Waals surface area contributed by atoms with E-state index in [-0.39, 0.29) is 6.10 Å². The fourth-order valence-corrected chi connectivity index (χ4v) is 2.02. The van der Waals surface area contributed by atoms with E-state index < -0.39 is 0 Å². The molecule has 88 valence electrons. The maximum absolute atomic E-state index is 5.96. The molecule has 5 heteroatoms. The van der Waals surface area contributed by atoms with Crippen molar-refractivity contribution in [1.82, 2.24) is 9.97 Å². The summed E-state index contributed by atoms with van der Waals surface area (Å²) in [5.41, 5.74) is 2.53. The number of ether oxygens (including phenoxy) is 2. The van der Waals surface area contributed by atoms with Crippen LogP contribution in [0.15, 0.2) is 18.3 Å². The Balaban J connectivity index is 2.10. The zero-order valence-electron chi connectivity index (χ0n) is 9.31. The molecule has 1 fully saturated rings. The highest BCUT2D eigenvalue weighted by atomic mass is 35.5. The second kappa shape index (κ2) is 4.13. The first-order valence-corrected chi connectivity index (χ1v) is 5.78. The number of aromatic nitrogens is 2. The highest BCUT2D eigenvalue weighted by Gasteiger charge is 2.21. The SMILES string of the molecule is Cc1cc(Cl)nc2c(OC3COC3)ccnc12. The number of rotatable bonds is 2. The van der Waals surface area contributed by atoms with Crippen LogP contribution in [0.4, 0.5) is 0 Å². The summed E-state index contributed by atoms with van der Waals surface area (Å²) >= 11 is 5.96. The Labute approximate surface area is 104 Å². The first kappa shape index (κ1) is 10.7. The molecule has 4 nitrogen and oxygen atoms in total. The van der Waals surface area contributed by atoms with E-state index in [1.165, 1.54) is 0 Å². The van der Waals surface area contributed by atoms with E-state index in [4.69, 9.17) is 21.1 Å². The molecule has 3 heterocycles. The summed E-state index contributed by atoms with van der Waals surface area (Å²) in [5, 5.41) is 0.456. The quantitative estimate of drug-likeness (QED) is 0.768. The molecule has 1 saturated heterocycles. The van der Waals surface area contributed by atoms with Crippen LogP contribution in [0.1, 0.15) is 5.56 Å². The fraction of sp³-hybridized carbons (Fsp3) is 0.333. The summed E-state index contributed by atoms with van der Waals surface area (Å²) in [6.45, 7) is 3.21. The third-order valence-electron chi connectivity index (χ3n) is 2.72. The molecule has 0 N–H and O–H groups in total. The lowest BCUT2D eigenvalue weighted by molar-refractivity contribution is -0.0791. The average Bonchev–Trinajstić information content (AvgIpc) is 2.23.